The molecule has 0 saturated heterocycles. The monoisotopic (exact) mass is 169 g/mol. The van der Waals surface area contributed by atoms with Crippen molar-refractivity contribution in [2.24, 2.45) is 5.18 Å². The van der Waals surface area contributed by atoms with Crippen LogP contribution in [-0.4, -0.2) is 16.4 Å². The molecule has 1 aromatic rings. The molecule has 0 atom stereocenters. The van der Waals surface area contributed by atoms with E-state index in [2.05, 4.69) is 5.18 Å². The van der Waals surface area contributed by atoms with Crippen LogP contribution in [0.25, 0.3) is 0 Å². The van der Waals surface area contributed by atoms with Gasteiger partial charge in [0.15, 0.2) is 0 Å². The summed E-state index contributed by atoms with van der Waals surface area (Å²) in [5.74, 6) is 0. The van der Waals surface area contributed by atoms with Crippen molar-refractivity contribution in [1.82, 2.24) is 0 Å². The van der Waals surface area contributed by atoms with Crippen molar-refractivity contribution >= 4 is 11.8 Å². The number of nitrogens with zero attached hydrogens (tertiary/aromatic N) is 1. The van der Waals surface area contributed by atoms with Crippen LogP contribution in [0, 0.1) is 4.91 Å². The lowest BCUT2D eigenvalue weighted by Gasteiger charge is -1.80. The number of rotatable bonds is 1. The first-order valence-corrected chi connectivity index (χ1v) is 2.97. The molecule has 0 saturated carbocycles. The number of hydrogen-bond acceptors (Lipinski definition) is 3. The van der Waals surface area contributed by atoms with E-state index in [0.717, 1.165) is 0 Å². The Morgan fingerprint density at radius 1 is 1.17 bits per heavy atom. The molecule has 0 bridgehead atoms. The van der Waals surface area contributed by atoms with Gasteiger partial charge >= 0.3 is 6.16 Å². The van der Waals surface area contributed by atoms with E-state index < -0.39 is 6.16 Å². The van der Waals surface area contributed by atoms with Crippen molar-refractivity contribution in [2.45, 2.75) is 0 Å². The van der Waals surface area contributed by atoms with Crippen molar-refractivity contribution in [2.75, 3.05) is 0 Å². The van der Waals surface area contributed by atoms with Crippen molar-refractivity contribution in [3.8, 4) is 0 Å². The molecule has 0 aromatic heterocycles. The van der Waals surface area contributed by atoms with E-state index in [4.69, 9.17) is 15.0 Å². The largest absolute Gasteiger partial charge is 0.503 e. The van der Waals surface area contributed by atoms with E-state index in [-0.39, 0.29) is 0 Å². The number of nitroso groups, excluding NO2 is 1. The van der Waals surface area contributed by atoms with Crippen LogP contribution in [0.3, 0.4) is 0 Å². The lowest BCUT2D eigenvalue weighted by molar-refractivity contribution is 0.137. The predicted octanol–water partition coefficient (Wildman–Crippen LogP) is 2.31. The quantitative estimate of drug-likeness (QED) is 0.631. The minimum absolute atomic E-state index is 0.479. The molecule has 0 unspecified atom stereocenters. The Kier molecular flexibility index (Phi) is 4.91. The zero-order chi connectivity index (χ0) is 9.40. The van der Waals surface area contributed by atoms with Gasteiger partial charge in [0.05, 0.1) is 0 Å². The molecular weight excluding hydrogens is 162 g/mol. The molecule has 64 valence electrons. The highest BCUT2D eigenvalue weighted by molar-refractivity contribution is 5.53. The van der Waals surface area contributed by atoms with Crippen molar-refractivity contribution in [3.05, 3.63) is 35.2 Å². The Bertz CT molecular complexity index is 243. The normalized spacial score (nSPS) is 7.67. The van der Waals surface area contributed by atoms with Crippen molar-refractivity contribution in [1.29, 1.82) is 0 Å². The van der Waals surface area contributed by atoms with Gasteiger partial charge in [-0.3, -0.25) is 0 Å². The van der Waals surface area contributed by atoms with E-state index in [1.165, 1.54) is 0 Å². The van der Waals surface area contributed by atoms with Crippen LogP contribution in [-0.2, 0) is 0 Å². The van der Waals surface area contributed by atoms with Crippen LogP contribution in [0.1, 0.15) is 0 Å². The van der Waals surface area contributed by atoms with Gasteiger partial charge in [0.1, 0.15) is 5.69 Å². The first kappa shape index (κ1) is 10.1. The number of carbonyl (C=O) groups is 1. The highest BCUT2D eigenvalue weighted by Crippen LogP contribution is 2.07. The molecule has 0 aliphatic heterocycles. The highest BCUT2D eigenvalue weighted by Gasteiger charge is 1.81. The first-order valence-electron chi connectivity index (χ1n) is 2.97. The Balaban J connectivity index is 0.000000261. The number of carboxylic acid groups (broad SMARTS) is 2. The van der Waals surface area contributed by atoms with Gasteiger partial charge in [-0.05, 0) is 17.3 Å². The fourth-order valence-electron chi connectivity index (χ4n) is 0.489. The standard InChI is InChI=1S/C6H5NO.CH2O3/c8-7-6-4-2-1-3-5-6;2-1(3)4/h1-5H;(H2,2,3,4). The Morgan fingerprint density at radius 3 is 1.83 bits per heavy atom. The summed E-state index contributed by atoms with van der Waals surface area (Å²) in [5.41, 5.74) is 0.479. The van der Waals surface area contributed by atoms with Gasteiger partial charge in [-0.15, -0.1) is 4.91 Å². The lowest BCUT2D eigenvalue weighted by Crippen LogP contribution is -1.81. The maximum Gasteiger partial charge on any atom is 0.503 e. The molecule has 12 heavy (non-hydrogen) atoms. The molecular formula is C7H7NO4. The van der Waals surface area contributed by atoms with Gasteiger partial charge in [0.2, 0.25) is 0 Å². The molecule has 0 heterocycles. The molecule has 0 amide bonds. The van der Waals surface area contributed by atoms with Gasteiger partial charge in [0.25, 0.3) is 0 Å². The van der Waals surface area contributed by atoms with Crippen LogP contribution in [0.5, 0.6) is 0 Å². The zero-order valence-corrected chi connectivity index (χ0v) is 6.04. The summed E-state index contributed by atoms with van der Waals surface area (Å²) in [4.78, 5) is 18.3. The summed E-state index contributed by atoms with van der Waals surface area (Å²) >= 11 is 0. The summed E-state index contributed by atoms with van der Waals surface area (Å²) < 4.78 is 0. The fraction of sp³-hybridized carbons (Fsp3) is 0. The second kappa shape index (κ2) is 5.84. The summed E-state index contributed by atoms with van der Waals surface area (Å²) in [7, 11) is 0. The molecule has 2 N–H and O–H groups in total. The summed E-state index contributed by atoms with van der Waals surface area (Å²) in [6.45, 7) is 0. The van der Waals surface area contributed by atoms with Gasteiger partial charge in [-0.2, -0.15) is 0 Å². The fourth-order valence-corrected chi connectivity index (χ4v) is 0.489. The van der Waals surface area contributed by atoms with E-state index >= 15 is 0 Å². The van der Waals surface area contributed by atoms with Crippen LogP contribution in [0.4, 0.5) is 10.5 Å². The van der Waals surface area contributed by atoms with Gasteiger partial charge < -0.3 is 10.2 Å². The topological polar surface area (TPSA) is 87.0 Å². The smallest absolute Gasteiger partial charge is 0.450 e. The molecule has 1 aromatic carbocycles. The molecule has 0 spiro atoms. The zero-order valence-electron chi connectivity index (χ0n) is 6.04. The summed E-state index contributed by atoms with van der Waals surface area (Å²) in [6, 6.07) is 8.71. The van der Waals surface area contributed by atoms with Gasteiger partial charge in [-0.1, -0.05) is 18.2 Å². The Labute approximate surface area is 68.2 Å². The van der Waals surface area contributed by atoms with E-state index in [1.54, 1.807) is 24.3 Å². The van der Waals surface area contributed by atoms with Crippen molar-refractivity contribution < 1.29 is 15.0 Å². The van der Waals surface area contributed by atoms with E-state index in [0.29, 0.717) is 5.69 Å². The predicted molar refractivity (Wildman–Crippen MR) is 42.6 cm³/mol. The van der Waals surface area contributed by atoms with Gasteiger partial charge in [-0.25, -0.2) is 4.79 Å². The third-order valence-corrected chi connectivity index (χ3v) is 0.862. The second-order valence-electron chi connectivity index (χ2n) is 1.71. The molecule has 0 aliphatic rings. The van der Waals surface area contributed by atoms with Crippen LogP contribution < -0.4 is 0 Å². The summed E-state index contributed by atoms with van der Waals surface area (Å²) in [6.07, 6.45) is -1.83. The molecule has 1 rings (SSSR count). The average molecular weight is 169 g/mol. The molecule has 5 nitrogen and oxygen atoms in total. The maximum absolute atomic E-state index is 9.76. The highest BCUT2D eigenvalue weighted by atomic mass is 16.6. The van der Waals surface area contributed by atoms with E-state index in [9.17, 15) is 4.91 Å². The van der Waals surface area contributed by atoms with E-state index in [1.807, 2.05) is 6.07 Å². The Hall–Kier alpha value is -1.91. The third-order valence-electron chi connectivity index (χ3n) is 0.862. The van der Waals surface area contributed by atoms with Crippen molar-refractivity contribution in [3.63, 3.8) is 0 Å². The van der Waals surface area contributed by atoms with Crippen LogP contribution >= 0.6 is 0 Å². The van der Waals surface area contributed by atoms with Crippen LogP contribution in [0.2, 0.25) is 0 Å². The molecule has 0 radical (unpaired) electrons. The maximum atomic E-state index is 9.76. The average Bonchev–Trinajstić information content (AvgIpc) is 2.05. The molecule has 0 aliphatic carbocycles. The lowest BCUT2D eigenvalue weighted by atomic mass is 10.3. The first-order chi connectivity index (χ1) is 5.66. The number of benzene rings is 1. The molecule has 5 heteroatoms. The summed E-state index contributed by atoms with van der Waals surface area (Å²) in [5, 5.41) is 16.7. The molecule has 0 fully saturated rings. The third kappa shape index (κ3) is 6.21. The SMILES string of the molecule is O=C(O)O.O=Nc1ccccc1. The minimum Gasteiger partial charge on any atom is -0.450 e. The number of hydrogen-bond donors (Lipinski definition) is 2. The minimum atomic E-state index is -1.83. The Morgan fingerprint density at radius 2 is 1.58 bits per heavy atom. The van der Waals surface area contributed by atoms with Gasteiger partial charge in [0, 0.05) is 0 Å². The van der Waals surface area contributed by atoms with Crippen LogP contribution in [0.15, 0.2) is 35.5 Å². The second-order valence-corrected chi connectivity index (χ2v) is 1.71.